The van der Waals surface area contributed by atoms with Gasteiger partial charge in [0.2, 0.25) is 0 Å². The minimum absolute atomic E-state index is 0.0282. The summed E-state index contributed by atoms with van der Waals surface area (Å²) >= 11 is 0. The van der Waals surface area contributed by atoms with Crippen LogP contribution in [-0.4, -0.2) is 69.1 Å². The standard InChI is InChI=1S/C26H33N5O4/c1-18-6-7-20-21(31(18)26(33)34)8-9-22-25(20)27-23(10-13-29-12-4-3-5-24(29)32)30(22)15-14-28(2)19-11-16-35-17-19/h3-5,8-9,12,18-19H,6-7,10-11,13-17H2,1-2H3,(H,33,34)/t18-,19-/m0/s1. The molecule has 35 heavy (non-hydrogen) atoms. The number of aryl methyl sites for hydroxylation is 3. The number of carbonyl (C=O) groups is 1. The maximum absolute atomic E-state index is 12.2. The van der Waals surface area contributed by atoms with Crippen molar-refractivity contribution < 1.29 is 14.6 Å². The Morgan fingerprint density at radius 2 is 2.09 bits per heavy atom. The van der Waals surface area contributed by atoms with Crippen molar-refractivity contribution in [3.05, 3.63) is 58.3 Å². The average molecular weight is 480 g/mol. The first-order valence-corrected chi connectivity index (χ1v) is 12.4. The lowest BCUT2D eigenvalue weighted by atomic mass is 9.96. The Balaban J connectivity index is 1.51. The molecule has 186 valence electrons. The van der Waals surface area contributed by atoms with Crippen LogP contribution in [0.4, 0.5) is 10.5 Å². The summed E-state index contributed by atoms with van der Waals surface area (Å²) in [5.41, 5.74) is 3.61. The van der Waals surface area contributed by atoms with Gasteiger partial charge in [-0.1, -0.05) is 6.07 Å². The van der Waals surface area contributed by atoms with Gasteiger partial charge < -0.3 is 19.0 Å². The number of ether oxygens (including phenoxy) is 1. The van der Waals surface area contributed by atoms with E-state index in [4.69, 9.17) is 9.72 Å². The molecule has 1 N–H and O–H groups in total. The summed E-state index contributed by atoms with van der Waals surface area (Å²) < 4.78 is 9.51. The Bertz CT molecular complexity index is 1280. The van der Waals surface area contributed by atoms with Gasteiger partial charge in [-0.3, -0.25) is 14.6 Å². The highest BCUT2D eigenvalue weighted by Gasteiger charge is 2.30. The summed E-state index contributed by atoms with van der Waals surface area (Å²) in [6.07, 6.45) is 4.10. The van der Waals surface area contributed by atoms with Gasteiger partial charge in [0.05, 0.1) is 23.3 Å². The number of pyridine rings is 1. The summed E-state index contributed by atoms with van der Waals surface area (Å²) in [5, 5.41) is 9.82. The highest BCUT2D eigenvalue weighted by atomic mass is 16.5. The average Bonchev–Trinajstić information content (AvgIpc) is 3.50. The van der Waals surface area contributed by atoms with Crippen LogP contribution in [0.5, 0.6) is 0 Å². The van der Waals surface area contributed by atoms with Crippen LogP contribution >= 0.6 is 0 Å². The molecule has 0 spiro atoms. The summed E-state index contributed by atoms with van der Waals surface area (Å²) in [6, 6.07) is 9.48. The Hall–Kier alpha value is -3.17. The van der Waals surface area contributed by atoms with Gasteiger partial charge in [-0.15, -0.1) is 0 Å². The highest BCUT2D eigenvalue weighted by molar-refractivity contribution is 5.94. The smallest absolute Gasteiger partial charge is 0.412 e. The van der Waals surface area contributed by atoms with Gasteiger partial charge in [-0.2, -0.15) is 0 Å². The van der Waals surface area contributed by atoms with Gasteiger partial charge in [0.25, 0.3) is 5.56 Å². The Morgan fingerprint density at radius 3 is 2.83 bits per heavy atom. The van der Waals surface area contributed by atoms with E-state index in [1.165, 1.54) is 4.90 Å². The van der Waals surface area contributed by atoms with Crippen LogP contribution < -0.4 is 10.5 Å². The van der Waals surface area contributed by atoms with Gasteiger partial charge in [0.1, 0.15) is 5.82 Å². The van der Waals surface area contributed by atoms with Crippen molar-refractivity contribution in [3.63, 3.8) is 0 Å². The van der Waals surface area contributed by atoms with Crippen LogP contribution in [0.1, 0.15) is 31.2 Å². The first-order chi connectivity index (χ1) is 16.9. The number of benzene rings is 1. The predicted molar refractivity (Wildman–Crippen MR) is 134 cm³/mol. The van der Waals surface area contributed by atoms with Crippen molar-refractivity contribution in [3.8, 4) is 0 Å². The third kappa shape index (κ3) is 4.58. The lowest BCUT2D eigenvalue weighted by molar-refractivity contribution is 0.157. The fourth-order valence-electron chi connectivity index (χ4n) is 5.38. The molecule has 3 aromatic rings. The van der Waals surface area contributed by atoms with E-state index < -0.39 is 6.09 Å². The molecule has 2 aliphatic rings. The van der Waals surface area contributed by atoms with E-state index in [1.54, 1.807) is 22.9 Å². The number of aromatic nitrogens is 3. The largest absolute Gasteiger partial charge is 0.465 e. The Labute approximate surface area is 204 Å². The van der Waals surface area contributed by atoms with Crippen LogP contribution in [0.25, 0.3) is 11.0 Å². The van der Waals surface area contributed by atoms with E-state index in [-0.39, 0.29) is 11.6 Å². The second-order valence-electron chi connectivity index (χ2n) is 9.63. The molecular formula is C26H33N5O4. The number of fused-ring (bicyclic) bond motifs is 3. The second kappa shape index (κ2) is 9.83. The topological polar surface area (TPSA) is 92.8 Å². The maximum atomic E-state index is 12.2. The molecule has 0 saturated carbocycles. The first kappa shape index (κ1) is 23.6. The molecule has 2 aromatic heterocycles. The highest BCUT2D eigenvalue weighted by Crippen LogP contribution is 2.36. The molecule has 4 heterocycles. The maximum Gasteiger partial charge on any atom is 0.412 e. The zero-order valence-electron chi connectivity index (χ0n) is 20.4. The summed E-state index contributed by atoms with van der Waals surface area (Å²) in [6.45, 7) is 5.68. The van der Waals surface area contributed by atoms with Crippen LogP contribution in [0, 0.1) is 0 Å². The van der Waals surface area contributed by atoms with Crippen molar-refractivity contribution in [2.45, 2.75) is 57.8 Å². The third-order valence-electron chi connectivity index (χ3n) is 7.48. The number of anilines is 1. The van der Waals surface area contributed by atoms with E-state index in [0.29, 0.717) is 19.0 Å². The predicted octanol–water partition coefficient (Wildman–Crippen LogP) is 2.98. The Morgan fingerprint density at radius 1 is 1.23 bits per heavy atom. The Kier molecular flexibility index (Phi) is 6.62. The third-order valence-corrected chi connectivity index (χ3v) is 7.48. The number of likely N-dealkylation sites (N-methyl/N-ethyl adjacent to an activating group) is 1. The second-order valence-corrected chi connectivity index (χ2v) is 9.63. The molecule has 0 radical (unpaired) electrons. The minimum atomic E-state index is -0.929. The molecular weight excluding hydrogens is 446 g/mol. The SMILES string of the molecule is C[C@H]1CCc2c(ccc3c2nc(CCn2ccccc2=O)n3CCN(C)[C@H]2CCOC2)N1C(=O)O. The van der Waals surface area contributed by atoms with Crippen molar-refractivity contribution in [2.24, 2.45) is 0 Å². The molecule has 5 rings (SSSR count). The number of amides is 1. The minimum Gasteiger partial charge on any atom is -0.465 e. The molecule has 2 aliphatic heterocycles. The van der Waals surface area contributed by atoms with Crippen molar-refractivity contribution in [1.82, 2.24) is 19.0 Å². The zero-order valence-corrected chi connectivity index (χ0v) is 20.4. The van der Waals surface area contributed by atoms with Crippen LogP contribution in [0.2, 0.25) is 0 Å². The number of nitrogens with zero attached hydrogens (tertiary/aromatic N) is 5. The van der Waals surface area contributed by atoms with Crippen LogP contribution in [0.15, 0.2) is 41.3 Å². The molecule has 1 amide bonds. The van der Waals surface area contributed by atoms with Crippen LogP contribution in [-0.2, 0) is 30.7 Å². The fraction of sp³-hybridized carbons (Fsp3) is 0.500. The molecule has 9 nitrogen and oxygen atoms in total. The first-order valence-electron chi connectivity index (χ1n) is 12.4. The van der Waals surface area contributed by atoms with E-state index in [9.17, 15) is 14.7 Å². The van der Waals surface area contributed by atoms with Crippen molar-refractivity contribution >= 4 is 22.8 Å². The molecule has 1 saturated heterocycles. The molecule has 1 fully saturated rings. The monoisotopic (exact) mass is 479 g/mol. The van der Waals surface area contributed by atoms with Crippen molar-refractivity contribution in [1.29, 1.82) is 0 Å². The molecule has 0 unspecified atom stereocenters. The number of imidazole rings is 1. The lowest BCUT2D eigenvalue weighted by Gasteiger charge is -2.33. The number of carboxylic acid groups (broad SMARTS) is 1. The van der Waals surface area contributed by atoms with Gasteiger partial charge in [-0.25, -0.2) is 9.78 Å². The van der Waals surface area contributed by atoms with Crippen molar-refractivity contribution in [2.75, 3.05) is 31.7 Å². The molecule has 0 aliphatic carbocycles. The summed E-state index contributed by atoms with van der Waals surface area (Å²) in [4.78, 5) is 33.1. The van der Waals surface area contributed by atoms with E-state index >= 15 is 0 Å². The molecule has 0 bridgehead atoms. The van der Waals surface area contributed by atoms with Gasteiger partial charge in [0.15, 0.2) is 0 Å². The zero-order chi connectivity index (χ0) is 24.5. The molecule has 2 atom stereocenters. The van der Waals surface area contributed by atoms with Gasteiger partial charge >= 0.3 is 6.09 Å². The number of hydrogen-bond donors (Lipinski definition) is 1. The van der Waals surface area contributed by atoms with Crippen LogP contribution in [0.3, 0.4) is 0 Å². The summed E-state index contributed by atoms with van der Waals surface area (Å²) in [5.74, 6) is 0.917. The molecule has 1 aromatic carbocycles. The lowest BCUT2D eigenvalue weighted by Crippen LogP contribution is -2.41. The fourth-order valence-corrected chi connectivity index (χ4v) is 5.38. The van der Waals surface area contributed by atoms with E-state index in [2.05, 4.69) is 16.5 Å². The van der Waals surface area contributed by atoms with Gasteiger partial charge in [-0.05, 0) is 51.4 Å². The number of rotatable bonds is 7. The normalized spacial score (nSPS) is 20.0. The van der Waals surface area contributed by atoms with E-state index in [1.807, 2.05) is 25.1 Å². The number of hydrogen-bond acceptors (Lipinski definition) is 5. The summed E-state index contributed by atoms with van der Waals surface area (Å²) in [7, 11) is 2.13. The van der Waals surface area contributed by atoms with E-state index in [0.717, 1.165) is 73.7 Å². The quantitative estimate of drug-likeness (QED) is 0.560. The molecule has 9 heteroatoms. The van der Waals surface area contributed by atoms with Gasteiger partial charge in [0, 0.05) is 62.6 Å².